The van der Waals surface area contributed by atoms with E-state index in [1.165, 1.54) is 0 Å². The summed E-state index contributed by atoms with van der Waals surface area (Å²) in [5.41, 5.74) is 9.04. The Morgan fingerprint density at radius 3 is 2.62 bits per heavy atom. The lowest BCUT2D eigenvalue weighted by molar-refractivity contribution is 0.875. The van der Waals surface area contributed by atoms with E-state index in [4.69, 9.17) is 5.73 Å². The molecule has 0 spiro atoms. The van der Waals surface area contributed by atoms with Gasteiger partial charge in [0.25, 0.3) is 0 Å². The molecule has 0 saturated heterocycles. The molecular weight excluding hydrogens is 433 g/mol. The number of aromatic nitrogens is 2. The van der Waals surface area contributed by atoms with Crippen LogP contribution in [0.2, 0.25) is 0 Å². The number of aliphatic imine (C=N–C) groups is 1. The fraction of sp³-hybridized carbons (Fsp3) is 0.118. The summed E-state index contributed by atoms with van der Waals surface area (Å²) in [6.07, 6.45) is 3.53. The van der Waals surface area contributed by atoms with Crippen molar-refractivity contribution in [2.45, 2.75) is 13.1 Å². The molecule has 0 atom stereocenters. The molecule has 0 bridgehead atoms. The quantitative estimate of drug-likeness (QED) is 0.354. The van der Waals surface area contributed by atoms with Crippen LogP contribution in [0.1, 0.15) is 10.6 Å². The molecule has 1 aromatic carbocycles. The molecule has 0 fully saturated rings. The van der Waals surface area contributed by atoms with E-state index in [0.717, 1.165) is 21.8 Å². The number of nitrogens with zero attached hydrogens (tertiary/aromatic N) is 3. The predicted octanol–water partition coefficient (Wildman–Crippen LogP) is 3.43. The summed E-state index contributed by atoms with van der Waals surface area (Å²) in [6, 6.07) is 13.9. The van der Waals surface area contributed by atoms with Gasteiger partial charge >= 0.3 is 0 Å². The zero-order chi connectivity index (χ0) is 15.9. The fourth-order valence-corrected chi connectivity index (χ4v) is 2.77. The number of pyridine rings is 1. The Labute approximate surface area is 162 Å². The molecule has 0 radical (unpaired) electrons. The number of nitrogens with two attached hydrogens (primary N) is 1. The summed E-state index contributed by atoms with van der Waals surface area (Å²) in [6.45, 7) is 1.14. The number of nitrogens with one attached hydrogen (secondary N) is 1. The second-order valence-electron chi connectivity index (χ2n) is 4.90. The highest BCUT2D eigenvalue weighted by molar-refractivity contribution is 14.0. The van der Waals surface area contributed by atoms with E-state index in [0.29, 0.717) is 19.0 Å². The molecule has 3 N–H and O–H groups in total. The fourth-order valence-electron chi connectivity index (χ4n) is 2.03. The largest absolute Gasteiger partial charge is 0.370 e. The Balaban J connectivity index is 0.00000208. The van der Waals surface area contributed by atoms with Crippen LogP contribution < -0.4 is 11.1 Å². The van der Waals surface area contributed by atoms with Crippen molar-refractivity contribution >= 4 is 41.3 Å². The van der Waals surface area contributed by atoms with E-state index in [9.17, 15) is 0 Å². The molecule has 124 valence electrons. The second kappa shape index (κ2) is 9.33. The van der Waals surface area contributed by atoms with Gasteiger partial charge < -0.3 is 11.1 Å². The number of hydrogen-bond acceptors (Lipinski definition) is 4. The van der Waals surface area contributed by atoms with Crippen molar-refractivity contribution in [1.82, 2.24) is 15.3 Å². The van der Waals surface area contributed by atoms with E-state index >= 15 is 0 Å². The van der Waals surface area contributed by atoms with Crippen LogP contribution in [0.4, 0.5) is 0 Å². The number of rotatable bonds is 5. The maximum Gasteiger partial charge on any atom is 0.189 e. The van der Waals surface area contributed by atoms with E-state index in [1.54, 1.807) is 23.7 Å². The summed E-state index contributed by atoms with van der Waals surface area (Å²) >= 11 is 1.60. The van der Waals surface area contributed by atoms with Crippen LogP contribution in [-0.2, 0) is 13.1 Å². The van der Waals surface area contributed by atoms with Crippen molar-refractivity contribution in [3.05, 3.63) is 70.8 Å². The summed E-state index contributed by atoms with van der Waals surface area (Å²) < 4.78 is 0. The molecule has 7 heteroatoms. The third-order valence-corrected chi connectivity index (χ3v) is 4.07. The normalized spacial score (nSPS) is 10.9. The van der Waals surface area contributed by atoms with Crippen LogP contribution >= 0.6 is 35.3 Å². The number of guanidine groups is 1. The molecule has 0 amide bonds. The van der Waals surface area contributed by atoms with Gasteiger partial charge in [-0.05, 0) is 17.7 Å². The molecule has 0 aliphatic carbocycles. The maximum atomic E-state index is 5.89. The van der Waals surface area contributed by atoms with E-state index in [2.05, 4.69) is 20.3 Å². The van der Waals surface area contributed by atoms with Gasteiger partial charge in [0.2, 0.25) is 0 Å². The standard InChI is InChI=1S/C17H17N5S.HI/c18-17(20-10-13-4-2-1-3-5-13)21-11-16-22-15(12-23-16)14-6-8-19-9-7-14;/h1-9,12H,10-11H2,(H3,18,20,21);1H. The summed E-state index contributed by atoms with van der Waals surface area (Å²) in [7, 11) is 0. The van der Waals surface area contributed by atoms with Gasteiger partial charge in [0.15, 0.2) is 5.96 Å². The maximum absolute atomic E-state index is 5.89. The van der Waals surface area contributed by atoms with Gasteiger partial charge in [0, 0.05) is 23.3 Å². The lowest BCUT2D eigenvalue weighted by Gasteiger charge is -2.03. The van der Waals surface area contributed by atoms with Gasteiger partial charge in [-0.15, -0.1) is 35.3 Å². The van der Waals surface area contributed by atoms with Crippen LogP contribution in [0.15, 0.2) is 65.2 Å². The predicted molar refractivity (Wildman–Crippen MR) is 109 cm³/mol. The first kappa shape index (κ1) is 18.3. The van der Waals surface area contributed by atoms with Crippen molar-refractivity contribution in [2.24, 2.45) is 10.7 Å². The van der Waals surface area contributed by atoms with Crippen molar-refractivity contribution in [3.63, 3.8) is 0 Å². The zero-order valence-corrected chi connectivity index (χ0v) is 16.1. The van der Waals surface area contributed by atoms with Crippen LogP contribution in [0.5, 0.6) is 0 Å². The molecule has 0 saturated carbocycles. The van der Waals surface area contributed by atoms with Crippen LogP contribution in [0, 0.1) is 0 Å². The third-order valence-electron chi connectivity index (χ3n) is 3.22. The molecule has 2 aromatic heterocycles. The molecule has 0 aliphatic rings. The highest BCUT2D eigenvalue weighted by atomic mass is 127. The number of hydrogen-bond donors (Lipinski definition) is 2. The average Bonchev–Trinajstić information content (AvgIpc) is 3.09. The second-order valence-corrected chi connectivity index (χ2v) is 5.85. The minimum Gasteiger partial charge on any atom is -0.370 e. The summed E-state index contributed by atoms with van der Waals surface area (Å²) in [5, 5.41) is 6.10. The monoisotopic (exact) mass is 451 g/mol. The Bertz CT molecular complexity index is 774. The van der Waals surface area contributed by atoms with Crippen molar-refractivity contribution in [1.29, 1.82) is 0 Å². The molecular formula is C17H18IN5S. The first-order chi connectivity index (χ1) is 11.3. The lowest BCUT2D eigenvalue weighted by Crippen LogP contribution is -2.31. The lowest BCUT2D eigenvalue weighted by atomic mass is 10.2. The van der Waals surface area contributed by atoms with Crippen LogP contribution in [0.25, 0.3) is 11.3 Å². The Kier molecular flexibility index (Phi) is 7.13. The summed E-state index contributed by atoms with van der Waals surface area (Å²) in [5.74, 6) is 0.425. The molecule has 3 rings (SSSR count). The Hall–Kier alpha value is -2.00. The highest BCUT2D eigenvalue weighted by Gasteiger charge is 2.04. The molecule has 24 heavy (non-hydrogen) atoms. The van der Waals surface area contributed by atoms with Gasteiger partial charge in [-0.1, -0.05) is 30.3 Å². The van der Waals surface area contributed by atoms with Gasteiger partial charge in [0.1, 0.15) is 5.01 Å². The number of thiazole rings is 1. The van der Waals surface area contributed by atoms with E-state index in [-0.39, 0.29) is 24.0 Å². The van der Waals surface area contributed by atoms with Crippen molar-refractivity contribution in [3.8, 4) is 11.3 Å². The van der Waals surface area contributed by atoms with E-state index in [1.807, 2.05) is 47.8 Å². The Morgan fingerprint density at radius 1 is 1.12 bits per heavy atom. The highest BCUT2D eigenvalue weighted by Crippen LogP contribution is 2.20. The molecule has 2 heterocycles. The van der Waals surface area contributed by atoms with Crippen molar-refractivity contribution < 1.29 is 0 Å². The van der Waals surface area contributed by atoms with Gasteiger partial charge in [0.05, 0.1) is 18.8 Å². The minimum absolute atomic E-state index is 0. The number of benzene rings is 1. The smallest absolute Gasteiger partial charge is 0.189 e. The van der Waals surface area contributed by atoms with Crippen LogP contribution in [0.3, 0.4) is 0 Å². The zero-order valence-electron chi connectivity index (χ0n) is 12.9. The Morgan fingerprint density at radius 2 is 1.88 bits per heavy atom. The van der Waals surface area contributed by atoms with E-state index < -0.39 is 0 Å². The molecule has 5 nitrogen and oxygen atoms in total. The van der Waals surface area contributed by atoms with Gasteiger partial charge in [-0.25, -0.2) is 9.98 Å². The van der Waals surface area contributed by atoms with Gasteiger partial charge in [-0.2, -0.15) is 0 Å². The molecule has 0 aliphatic heterocycles. The number of halogens is 1. The summed E-state index contributed by atoms with van der Waals surface area (Å²) in [4.78, 5) is 12.9. The minimum atomic E-state index is 0. The molecule has 0 unspecified atom stereocenters. The SMILES string of the molecule is I.NC(=NCc1ccccc1)NCc1nc(-c2ccncc2)cs1. The molecule has 3 aromatic rings. The third kappa shape index (κ3) is 5.27. The topological polar surface area (TPSA) is 76.2 Å². The first-order valence-corrected chi connectivity index (χ1v) is 8.12. The van der Waals surface area contributed by atoms with Gasteiger partial charge in [-0.3, -0.25) is 4.98 Å². The first-order valence-electron chi connectivity index (χ1n) is 7.24. The van der Waals surface area contributed by atoms with Crippen molar-refractivity contribution in [2.75, 3.05) is 0 Å². The van der Waals surface area contributed by atoms with Crippen LogP contribution in [-0.4, -0.2) is 15.9 Å². The average molecular weight is 451 g/mol.